The van der Waals surface area contributed by atoms with Gasteiger partial charge in [0.1, 0.15) is 5.75 Å². The number of allylic oxidation sites excluding steroid dienone is 1. The summed E-state index contributed by atoms with van der Waals surface area (Å²) in [5.41, 5.74) is 0.634. The fraction of sp³-hybridized carbons (Fsp3) is 0.111. The summed E-state index contributed by atoms with van der Waals surface area (Å²) in [6.45, 7) is 1.86. The molecule has 12 heavy (non-hydrogen) atoms. The second-order valence-corrected chi connectivity index (χ2v) is 3.17. The van der Waals surface area contributed by atoms with Crippen molar-refractivity contribution < 1.29 is 5.11 Å². The molecule has 0 fully saturated rings. The molecule has 0 saturated carbocycles. The highest BCUT2D eigenvalue weighted by molar-refractivity contribution is 6.35. The Morgan fingerprint density at radius 1 is 1.33 bits per heavy atom. The Kier molecular flexibility index (Phi) is 3.01. The second kappa shape index (κ2) is 3.83. The summed E-state index contributed by atoms with van der Waals surface area (Å²) in [5, 5.41) is 10.2. The molecular formula is C9H8Cl2O. The molecule has 0 heterocycles. The van der Waals surface area contributed by atoms with Crippen LogP contribution in [0.4, 0.5) is 0 Å². The number of hydrogen-bond donors (Lipinski definition) is 1. The molecule has 64 valence electrons. The average Bonchev–Trinajstić information content (AvgIpc) is 2.00. The van der Waals surface area contributed by atoms with Crippen molar-refractivity contribution >= 4 is 29.3 Å². The lowest BCUT2D eigenvalue weighted by molar-refractivity contribution is 0.474. The third-order valence-electron chi connectivity index (χ3n) is 1.40. The van der Waals surface area contributed by atoms with Crippen LogP contribution in [-0.4, -0.2) is 5.11 Å². The molecule has 0 amide bonds. The fourth-order valence-electron chi connectivity index (χ4n) is 0.892. The number of aromatic hydroxyl groups is 1. The summed E-state index contributed by atoms with van der Waals surface area (Å²) in [5.74, 6) is 0.0687. The van der Waals surface area contributed by atoms with Crippen LogP contribution in [0.2, 0.25) is 10.0 Å². The molecule has 0 spiro atoms. The van der Waals surface area contributed by atoms with E-state index in [1.54, 1.807) is 12.1 Å². The maximum absolute atomic E-state index is 9.41. The molecule has 3 heteroatoms. The van der Waals surface area contributed by atoms with Gasteiger partial charge in [-0.3, -0.25) is 0 Å². The van der Waals surface area contributed by atoms with Gasteiger partial charge in [0, 0.05) is 10.6 Å². The normalized spacial score (nSPS) is 10.9. The van der Waals surface area contributed by atoms with Crippen LogP contribution in [0.3, 0.4) is 0 Å². The molecule has 1 aromatic carbocycles. The van der Waals surface area contributed by atoms with Crippen molar-refractivity contribution in [3.63, 3.8) is 0 Å². The molecule has 0 aliphatic rings. The van der Waals surface area contributed by atoms with E-state index in [4.69, 9.17) is 23.2 Å². The van der Waals surface area contributed by atoms with Gasteiger partial charge in [0.2, 0.25) is 0 Å². The average molecular weight is 203 g/mol. The summed E-state index contributed by atoms with van der Waals surface area (Å²) >= 11 is 11.4. The summed E-state index contributed by atoms with van der Waals surface area (Å²) in [6.07, 6.45) is 3.55. The molecule has 1 aromatic rings. The molecule has 0 aromatic heterocycles. The predicted octanol–water partition coefficient (Wildman–Crippen LogP) is 3.73. The Morgan fingerprint density at radius 2 is 2.00 bits per heavy atom. The van der Waals surface area contributed by atoms with Gasteiger partial charge in [-0.1, -0.05) is 35.4 Å². The van der Waals surface area contributed by atoms with Crippen molar-refractivity contribution in [2.24, 2.45) is 0 Å². The lowest BCUT2D eigenvalue weighted by Gasteiger charge is -2.01. The molecule has 0 bridgehead atoms. The maximum Gasteiger partial charge on any atom is 0.141 e. The molecule has 0 atom stereocenters. The van der Waals surface area contributed by atoms with Crippen LogP contribution < -0.4 is 0 Å². The Balaban J connectivity index is 3.27. The molecule has 1 rings (SSSR count). The van der Waals surface area contributed by atoms with E-state index in [0.717, 1.165) is 0 Å². The Hall–Kier alpha value is -0.660. The molecule has 0 aliphatic carbocycles. The van der Waals surface area contributed by atoms with E-state index in [2.05, 4.69) is 0 Å². The molecular weight excluding hydrogens is 195 g/mol. The predicted molar refractivity (Wildman–Crippen MR) is 52.8 cm³/mol. The van der Waals surface area contributed by atoms with E-state index in [0.29, 0.717) is 10.6 Å². The topological polar surface area (TPSA) is 20.2 Å². The third-order valence-corrected chi connectivity index (χ3v) is 1.91. The lowest BCUT2D eigenvalue weighted by Crippen LogP contribution is -1.76. The zero-order valence-electron chi connectivity index (χ0n) is 6.51. The van der Waals surface area contributed by atoms with Gasteiger partial charge in [0.25, 0.3) is 0 Å². The third kappa shape index (κ3) is 1.93. The minimum Gasteiger partial charge on any atom is -0.506 e. The molecule has 0 radical (unpaired) electrons. The van der Waals surface area contributed by atoms with Gasteiger partial charge in [0.05, 0.1) is 5.02 Å². The van der Waals surface area contributed by atoms with E-state index in [1.807, 2.05) is 13.0 Å². The van der Waals surface area contributed by atoms with Gasteiger partial charge in [0.15, 0.2) is 0 Å². The Labute approximate surface area is 81.2 Å². The maximum atomic E-state index is 9.41. The summed E-state index contributed by atoms with van der Waals surface area (Å²) in [4.78, 5) is 0. The monoisotopic (exact) mass is 202 g/mol. The summed E-state index contributed by atoms with van der Waals surface area (Å²) in [7, 11) is 0. The highest BCUT2D eigenvalue weighted by Crippen LogP contribution is 2.31. The van der Waals surface area contributed by atoms with Gasteiger partial charge >= 0.3 is 0 Å². The minimum atomic E-state index is 0.0687. The van der Waals surface area contributed by atoms with Gasteiger partial charge in [-0.05, 0) is 19.1 Å². The number of halogens is 2. The standard InChI is InChI=1S/C9H8Cl2O/c1-2-3-6-4-7(10)5-8(11)9(6)12/h2-5,12H,1H3/b3-2+. The number of benzene rings is 1. The van der Waals surface area contributed by atoms with Crippen LogP contribution in [0.5, 0.6) is 5.75 Å². The first-order valence-electron chi connectivity index (χ1n) is 3.46. The van der Waals surface area contributed by atoms with Crippen molar-refractivity contribution in [2.45, 2.75) is 6.92 Å². The van der Waals surface area contributed by atoms with Crippen molar-refractivity contribution in [3.8, 4) is 5.75 Å². The molecule has 1 nitrogen and oxygen atoms in total. The van der Waals surface area contributed by atoms with Crippen LogP contribution in [-0.2, 0) is 0 Å². The second-order valence-electron chi connectivity index (χ2n) is 2.33. The molecule has 0 saturated heterocycles. The molecule has 0 unspecified atom stereocenters. The SMILES string of the molecule is C/C=C/c1cc(Cl)cc(Cl)c1O. The fourth-order valence-corrected chi connectivity index (χ4v) is 1.40. The quantitative estimate of drug-likeness (QED) is 0.737. The van der Waals surface area contributed by atoms with Crippen LogP contribution in [0.15, 0.2) is 18.2 Å². The van der Waals surface area contributed by atoms with Crippen molar-refractivity contribution in [1.82, 2.24) is 0 Å². The van der Waals surface area contributed by atoms with Crippen molar-refractivity contribution in [3.05, 3.63) is 33.8 Å². The first kappa shape index (κ1) is 9.43. The number of rotatable bonds is 1. The van der Waals surface area contributed by atoms with Gasteiger partial charge < -0.3 is 5.11 Å². The van der Waals surface area contributed by atoms with Gasteiger partial charge in [-0.15, -0.1) is 0 Å². The van der Waals surface area contributed by atoms with Crippen LogP contribution in [0.1, 0.15) is 12.5 Å². The Bertz CT molecular complexity index is 319. The zero-order valence-corrected chi connectivity index (χ0v) is 8.02. The van der Waals surface area contributed by atoms with E-state index in [9.17, 15) is 5.11 Å². The first-order chi connectivity index (χ1) is 5.65. The lowest BCUT2D eigenvalue weighted by atomic mass is 10.2. The van der Waals surface area contributed by atoms with Crippen molar-refractivity contribution in [2.75, 3.05) is 0 Å². The smallest absolute Gasteiger partial charge is 0.141 e. The molecule has 1 N–H and O–H groups in total. The highest BCUT2D eigenvalue weighted by Gasteiger charge is 2.04. The summed E-state index contributed by atoms with van der Waals surface area (Å²) in [6, 6.07) is 3.16. The van der Waals surface area contributed by atoms with Crippen LogP contribution in [0.25, 0.3) is 6.08 Å². The van der Waals surface area contributed by atoms with E-state index >= 15 is 0 Å². The van der Waals surface area contributed by atoms with E-state index in [-0.39, 0.29) is 10.8 Å². The number of hydrogen-bond acceptors (Lipinski definition) is 1. The highest BCUT2D eigenvalue weighted by atomic mass is 35.5. The largest absolute Gasteiger partial charge is 0.506 e. The van der Waals surface area contributed by atoms with E-state index in [1.165, 1.54) is 6.07 Å². The van der Waals surface area contributed by atoms with Gasteiger partial charge in [-0.2, -0.15) is 0 Å². The van der Waals surface area contributed by atoms with Crippen molar-refractivity contribution in [1.29, 1.82) is 0 Å². The van der Waals surface area contributed by atoms with Crippen LogP contribution >= 0.6 is 23.2 Å². The minimum absolute atomic E-state index is 0.0687. The number of phenols is 1. The first-order valence-corrected chi connectivity index (χ1v) is 4.21. The Morgan fingerprint density at radius 3 is 2.58 bits per heavy atom. The molecule has 0 aliphatic heterocycles. The van der Waals surface area contributed by atoms with E-state index < -0.39 is 0 Å². The van der Waals surface area contributed by atoms with Gasteiger partial charge in [-0.25, -0.2) is 0 Å². The van der Waals surface area contributed by atoms with Crippen LogP contribution in [0, 0.1) is 0 Å². The summed E-state index contributed by atoms with van der Waals surface area (Å²) < 4.78 is 0. The number of phenolic OH excluding ortho intramolecular Hbond substituents is 1. The zero-order chi connectivity index (χ0) is 9.14.